The fourth-order valence-electron chi connectivity index (χ4n) is 3.27. The molecule has 3 heterocycles. The van der Waals surface area contributed by atoms with Crippen molar-refractivity contribution in [3.63, 3.8) is 0 Å². The average molecular weight is 468 g/mol. The first-order valence-corrected chi connectivity index (χ1v) is 11.7. The zero-order valence-electron chi connectivity index (χ0n) is 17.8. The Labute approximate surface area is 193 Å². The minimum absolute atomic E-state index is 0.126. The summed E-state index contributed by atoms with van der Waals surface area (Å²) >= 11 is 2.66. The number of rotatable bonds is 7. The molecule has 0 atom stereocenters. The lowest BCUT2D eigenvalue weighted by Gasteiger charge is -2.07. The number of carbonyl (C=O) groups excluding carboxylic acids is 2. The molecule has 164 valence electrons. The Morgan fingerprint density at radius 1 is 1.22 bits per heavy atom. The quantitative estimate of drug-likeness (QED) is 0.246. The summed E-state index contributed by atoms with van der Waals surface area (Å²) in [5.74, 6) is -0.558. The third-order valence-electron chi connectivity index (χ3n) is 4.75. The molecule has 32 heavy (non-hydrogen) atoms. The molecule has 10 heteroatoms. The van der Waals surface area contributed by atoms with Crippen molar-refractivity contribution in [1.29, 1.82) is 0 Å². The van der Waals surface area contributed by atoms with Crippen LogP contribution in [0.1, 0.15) is 22.8 Å². The van der Waals surface area contributed by atoms with Crippen molar-refractivity contribution in [2.24, 2.45) is 7.05 Å². The summed E-state index contributed by atoms with van der Waals surface area (Å²) in [6, 6.07) is 9.76. The summed E-state index contributed by atoms with van der Waals surface area (Å²) in [6.45, 7) is 3.88. The van der Waals surface area contributed by atoms with Crippen LogP contribution in [0.25, 0.3) is 21.5 Å². The summed E-state index contributed by atoms with van der Waals surface area (Å²) < 4.78 is 6.90. The summed E-state index contributed by atoms with van der Waals surface area (Å²) in [5, 5.41) is 9.04. The van der Waals surface area contributed by atoms with E-state index < -0.39 is 5.97 Å². The van der Waals surface area contributed by atoms with Gasteiger partial charge in [-0.2, -0.15) is 5.10 Å². The summed E-state index contributed by atoms with van der Waals surface area (Å²) in [5.41, 5.74) is 2.87. The molecule has 8 nitrogen and oxygen atoms in total. The van der Waals surface area contributed by atoms with Crippen LogP contribution in [0.4, 0.5) is 5.00 Å². The van der Waals surface area contributed by atoms with Gasteiger partial charge in [-0.05, 0) is 25.0 Å². The minimum Gasteiger partial charge on any atom is -0.462 e. The highest BCUT2D eigenvalue weighted by Gasteiger charge is 2.24. The Hall–Kier alpha value is -3.24. The van der Waals surface area contributed by atoms with Crippen LogP contribution in [0.15, 0.2) is 47.9 Å². The molecule has 1 N–H and O–H groups in total. The zero-order valence-corrected chi connectivity index (χ0v) is 19.4. The van der Waals surface area contributed by atoms with E-state index in [1.54, 1.807) is 24.9 Å². The summed E-state index contributed by atoms with van der Waals surface area (Å²) in [6.07, 6.45) is 3.14. The lowest BCUT2D eigenvalue weighted by atomic mass is 10.1. The largest absolute Gasteiger partial charge is 0.462 e. The van der Waals surface area contributed by atoms with Crippen molar-refractivity contribution in [2.75, 3.05) is 17.7 Å². The van der Waals surface area contributed by atoms with Crippen molar-refractivity contribution in [1.82, 2.24) is 19.7 Å². The normalized spacial score (nSPS) is 11.0. The van der Waals surface area contributed by atoms with Crippen molar-refractivity contribution < 1.29 is 14.3 Å². The van der Waals surface area contributed by atoms with Crippen LogP contribution in [0, 0.1) is 6.92 Å². The smallest absolute Gasteiger partial charge is 0.341 e. The standard InChI is InChI=1S/C22H21N5O3S2/c1-4-30-22(29)17-13(2)18(14-8-6-5-7-9-14)32-21(17)26-16(28)11-31-20-15-10-25-27(3)19(15)23-12-24-20/h5-10,12H,4,11H2,1-3H3,(H,26,28). The molecule has 0 saturated heterocycles. The van der Waals surface area contributed by atoms with Crippen LogP contribution in [0.2, 0.25) is 0 Å². The van der Waals surface area contributed by atoms with Crippen molar-refractivity contribution in [3.8, 4) is 10.4 Å². The highest BCUT2D eigenvalue weighted by Crippen LogP contribution is 2.40. The van der Waals surface area contributed by atoms with Gasteiger partial charge in [0.05, 0.1) is 29.5 Å². The van der Waals surface area contributed by atoms with Crippen molar-refractivity contribution >= 4 is 51.0 Å². The van der Waals surface area contributed by atoms with Gasteiger partial charge in [-0.15, -0.1) is 11.3 Å². The van der Waals surface area contributed by atoms with Gasteiger partial charge in [-0.25, -0.2) is 14.8 Å². The highest BCUT2D eigenvalue weighted by atomic mass is 32.2. The maximum absolute atomic E-state index is 12.8. The van der Waals surface area contributed by atoms with Crippen LogP contribution >= 0.6 is 23.1 Å². The maximum atomic E-state index is 12.8. The Kier molecular flexibility index (Phi) is 6.52. The second-order valence-electron chi connectivity index (χ2n) is 6.87. The molecule has 3 aromatic heterocycles. The topological polar surface area (TPSA) is 99.0 Å². The molecule has 4 aromatic rings. The van der Waals surface area contributed by atoms with E-state index >= 15 is 0 Å². The third-order valence-corrected chi connectivity index (χ3v) is 7.01. The number of amides is 1. The van der Waals surface area contributed by atoms with E-state index in [0.717, 1.165) is 21.4 Å². The molecule has 0 radical (unpaired) electrons. The van der Waals surface area contributed by atoms with Crippen LogP contribution in [0.3, 0.4) is 0 Å². The Bertz CT molecular complexity index is 1280. The Morgan fingerprint density at radius 2 is 2.00 bits per heavy atom. The molecule has 1 aromatic carbocycles. The van der Waals surface area contributed by atoms with Gasteiger partial charge in [-0.1, -0.05) is 42.1 Å². The number of anilines is 1. The fourth-order valence-corrected chi connectivity index (χ4v) is 5.25. The maximum Gasteiger partial charge on any atom is 0.341 e. The first kappa shape index (κ1) is 22.0. The van der Waals surface area contributed by atoms with Gasteiger partial charge in [0.15, 0.2) is 5.65 Å². The highest BCUT2D eigenvalue weighted by molar-refractivity contribution is 8.00. The van der Waals surface area contributed by atoms with Crippen molar-refractivity contribution in [3.05, 3.63) is 54.0 Å². The van der Waals surface area contributed by atoms with Crippen LogP contribution in [-0.2, 0) is 16.6 Å². The Morgan fingerprint density at radius 3 is 2.75 bits per heavy atom. The van der Waals surface area contributed by atoms with Gasteiger partial charge < -0.3 is 10.1 Å². The predicted octanol–water partition coefficient (Wildman–Crippen LogP) is 4.31. The number of aromatic nitrogens is 4. The van der Waals surface area contributed by atoms with Gasteiger partial charge in [0, 0.05) is 11.9 Å². The lowest BCUT2D eigenvalue weighted by molar-refractivity contribution is -0.113. The number of ether oxygens (including phenoxy) is 1. The molecule has 0 aliphatic rings. The molecule has 0 spiro atoms. The molecule has 0 aliphatic heterocycles. The molecular weight excluding hydrogens is 446 g/mol. The second kappa shape index (κ2) is 9.49. The number of hydrogen-bond donors (Lipinski definition) is 1. The van der Waals surface area contributed by atoms with Crippen LogP contribution < -0.4 is 5.32 Å². The molecule has 0 saturated carbocycles. The number of fused-ring (bicyclic) bond motifs is 1. The third kappa shape index (κ3) is 4.37. The number of thiophene rings is 1. The summed E-state index contributed by atoms with van der Waals surface area (Å²) in [7, 11) is 1.80. The van der Waals surface area contributed by atoms with Crippen LogP contribution in [0.5, 0.6) is 0 Å². The molecular formula is C22H21N5O3S2. The molecule has 0 unspecified atom stereocenters. The van der Waals surface area contributed by atoms with E-state index in [9.17, 15) is 9.59 Å². The average Bonchev–Trinajstić information content (AvgIpc) is 3.33. The van der Waals surface area contributed by atoms with E-state index in [4.69, 9.17) is 4.74 Å². The molecule has 4 rings (SSSR count). The fraction of sp³-hybridized carbons (Fsp3) is 0.227. The minimum atomic E-state index is -0.445. The van der Waals surface area contributed by atoms with Gasteiger partial charge >= 0.3 is 5.97 Å². The van der Waals surface area contributed by atoms with Gasteiger partial charge in [0.1, 0.15) is 16.4 Å². The number of benzene rings is 1. The number of nitrogens with zero attached hydrogens (tertiary/aromatic N) is 4. The van der Waals surface area contributed by atoms with Gasteiger partial charge in [0.2, 0.25) is 5.91 Å². The number of thioether (sulfide) groups is 1. The molecule has 0 fully saturated rings. The first-order valence-electron chi connectivity index (χ1n) is 9.90. The molecule has 0 bridgehead atoms. The lowest BCUT2D eigenvalue weighted by Crippen LogP contribution is -2.16. The summed E-state index contributed by atoms with van der Waals surface area (Å²) in [4.78, 5) is 34.8. The molecule has 0 aliphatic carbocycles. The van der Waals surface area contributed by atoms with E-state index in [-0.39, 0.29) is 18.3 Å². The number of esters is 1. The number of hydrogen-bond acceptors (Lipinski definition) is 8. The van der Waals surface area contributed by atoms with E-state index in [0.29, 0.717) is 21.2 Å². The predicted molar refractivity (Wildman–Crippen MR) is 126 cm³/mol. The Balaban J connectivity index is 1.57. The van der Waals surface area contributed by atoms with Gasteiger partial charge in [0.25, 0.3) is 0 Å². The number of aryl methyl sites for hydroxylation is 1. The number of carbonyl (C=O) groups is 2. The van der Waals surface area contributed by atoms with E-state index in [1.807, 2.05) is 37.3 Å². The SMILES string of the molecule is CCOC(=O)c1c(NC(=O)CSc2ncnc3c2cnn3C)sc(-c2ccccc2)c1C. The van der Waals surface area contributed by atoms with E-state index in [1.165, 1.54) is 29.4 Å². The monoisotopic (exact) mass is 467 g/mol. The zero-order chi connectivity index (χ0) is 22.7. The van der Waals surface area contributed by atoms with Crippen molar-refractivity contribution in [2.45, 2.75) is 18.9 Å². The molecule has 1 amide bonds. The van der Waals surface area contributed by atoms with Gasteiger partial charge in [-0.3, -0.25) is 9.48 Å². The van der Waals surface area contributed by atoms with Crippen LogP contribution in [-0.4, -0.2) is 44.0 Å². The first-order chi connectivity index (χ1) is 15.5. The van der Waals surface area contributed by atoms with E-state index in [2.05, 4.69) is 20.4 Å². The second-order valence-corrected chi connectivity index (χ2v) is 8.85. The number of nitrogens with one attached hydrogen (secondary N) is 1.